The number of halogens is 2. The number of hydrogen-bond acceptors (Lipinski definition) is 2. The van der Waals surface area contributed by atoms with Gasteiger partial charge in [-0.05, 0) is 36.6 Å². The van der Waals surface area contributed by atoms with Gasteiger partial charge >= 0.3 is 0 Å². The van der Waals surface area contributed by atoms with E-state index in [1.54, 1.807) is 12.1 Å². The summed E-state index contributed by atoms with van der Waals surface area (Å²) in [5.74, 6) is -0.199. The molecule has 1 unspecified atom stereocenters. The van der Waals surface area contributed by atoms with Crippen LogP contribution in [-0.4, -0.2) is 18.8 Å². The second kappa shape index (κ2) is 4.20. The van der Waals surface area contributed by atoms with E-state index in [0.717, 1.165) is 10.9 Å². The highest BCUT2D eigenvalue weighted by Gasteiger charge is 2.31. The Morgan fingerprint density at radius 2 is 2.33 bits per heavy atom. The third-order valence-electron chi connectivity index (χ3n) is 2.68. The summed E-state index contributed by atoms with van der Waals surface area (Å²) in [6.07, 6.45) is 1.32. The van der Waals surface area contributed by atoms with E-state index in [-0.39, 0.29) is 5.82 Å². The Kier molecular flexibility index (Phi) is 3.09. The number of ether oxygens (including phenoxy) is 1. The summed E-state index contributed by atoms with van der Waals surface area (Å²) in [4.78, 5) is 0. The minimum Gasteiger partial charge on any atom is -0.379 e. The van der Waals surface area contributed by atoms with Gasteiger partial charge in [0.15, 0.2) is 0 Å². The summed E-state index contributed by atoms with van der Waals surface area (Å²) in [5.41, 5.74) is 6.35. The largest absolute Gasteiger partial charge is 0.379 e. The van der Waals surface area contributed by atoms with E-state index in [4.69, 9.17) is 10.5 Å². The monoisotopic (exact) mass is 273 g/mol. The Hall–Kier alpha value is -0.450. The predicted octanol–water partition coefficient (Wildman–Crippen LogP) is 2.25. The molecule has 2 N–H and O–H groups in total. The molecule has 1 heterocycles. The van der Waals surface area contributed by atoms with Crippen LogP contribution in [0.3, 0.4) is 0 Å². The van der Waals surface area contributed by atoms with Crippen molar-refractivity contribution < 1.29 is 9.13 Å². The van der Waals surface area contributed by atoms with Gasteiger partial charge in [0.1, 0.15) is 5.82 Å². The van der Waals surface area contributed by atoms with Gasteiger partial charge in [-0.1, -0.05) is 15.9 Å². The molecule has 82 valence electrons. The molecule has 1 aliphatic rings. The highest BCUT2D eigenvalue weighted by molar-refractivity contribution is 9.10. The average molecular weight is 274 g/mol. The molecule has 0 spiro atoms. The minimum absolute atomic E-state index is 0.199. The maximum absolute atomic E-state index is 13.5. The minimum atomic E-state index is -0.401. The van der Waals surface area contributed by atoms with Gasteiger partial charge in [0.2, 0.25) is 0 Å². The van der Waals surface area contributed by atoms with Crippen molar-refractivity contribution in [2.24, 2.45) is 5.73 Å². The van der Waals surface area contributed by atoms with E-state index in [2.05, 4.69) is 15.9 Å². The van der Waals surface area contributed by atoms with Crippen LogP contribution in [-0.2, 0) is 11.2 Å². The molecule has 1 aromatic rings. The highest BCUT2D eigenvalue weighted by Crippen LogP contribution is 2.24. The lowest BCUT2D eigenvalue weighted by atomic mass is 9.91. The normalized spacial score (nSPS) is 25.8. The van der Waals surface area contributed by atoms with Crippen LogP contribution in [0.2, 0.25) is 0 Å². The number of benzene rings is 1. The molecule has 0 saturated carbocycles. The van der Waals surface area contributed by atoms with Gasteiger partial charge in [0.25, 0.3) is 0 Å². The Labute approximate surface area is 96.7 Å². The summed E-state index contributed by atoms with van der Waals surface area (Å²) in [5, 5.41) is 0. The lowest BCUT2D eigenvalue weighted by Crippen LogP contribution is -2.42. The molecule has 1 atom stereocenters. The molecular weight excluding hydrogens is 261 g/mol. The molecular formula is C11H13BrFNO. The zero-order chi connectivity index (χ0) is 10.9. The Balaban J connectivity index is 2.19. The van der Waals surface area contributed by atoms with Crippen molar-refractivity contribution in [1.82, 2.24) is 0 Å². The molecule has 1 aromatic carbocycles. The van der Waals surface area contributed by atoms with E-state index in [1.807, 2.05) is 0 Å². The molecule has 0 bridgehead atoms. The summed E-state index contributed by atoms with van der Waals surface area (Å²) < 4.78 is 19.6. The van der Waals surface area contributed by atoms with Gasteiger partial charge in [-0.15, -0.1) is 0 Å². The molecule has 2 rings (SSSR count). The first-order valence-electron chi connectivity index (χ1n) is 4.90. The molecule has 1 aliphatic heterocycles. The lowest BCUT2D eigenvalue weighted by molar-refractivity contribution is 0.178. The van der Waals surface area contributed by atoms with Crippen LogP contribution in [0.5, 0.6) is 0 Å². The molecule has 4 heteroatoms. The quantitative estimate of drug-likeness (QED) is 0.897. The van der Waals surface area contributed by atoms with Crippen LogP contribution in [0.1, 0.15) is 12.0 Å². The maximum Gasteiger partial charge on any atom is 0.126 e. The van der Waals surface area contributed by atoms with Crippen molar-refractivity contribution in [3.05, 3.63) is 34.1 Å². The first-order valence-corrected chi connectivity index (χ1v) is 5.69. The molecule has 0 amide bonds. The molecule has 1 saturated heterocycles. The zero-order valence-electron chi connectivity index (χ0n) is 8.30. The molecule has 0 aliphatic carbocycles. The van der Waals surface area contributed by atoms with Crippen molar-refractivity contribution in [2.45, 2.75) is 18.4 Å². The van der Waals surface area contributed by atoms with Crippen LogP contribution in [0.15, 0.2) is 22.7 Å². The Morgan fingerprint density at radius 3 is 3.00 bits per heavy atom. The van der Waals surface area contributed by atoms with Crippen LogP contribution in [0, 0.1) is 5.82 Å². The summed E-state index contributed by atoms with van der Waals surface area (Å²) in [6.45, 7) is 1.19. The second-order valence-electron chi connectivity index (χ2n) is 4.08. The fraction of sp³-hybridized carbons (Fsp3) is 0.455. The predicted molar refractivity (Wildman–Crippen MR) is 60.2 cm³/mol. The van der Waals surface area contributed by atoms with Crippen LogP contribution in [0.4, 0.5) is 4.39 Å². The zero-order valence-corrected chi connectivity index (χ0v) is 9.89. The molecule has 15 heavy (non-hydrogen) atoms. The topological polar surface area (TPSA) is 35.2 Å². The van der Waals surface area contributed by atoms with Crippen LogP contribution < -0.4 is 5.73 Å². The van der Waals surface area contributed by atoms with Gasteiger partial charge in [-0.2, -0.15) is 0 Å². The lowest BCUT2D eigenvalue weighted by Gasteiger charge is -2.21. The third kappa shape index (κ3) is 2.56. The number of hydrogen-bond donors (Lipinski definition) is 1. The van der Waals surface area contributed by atoms with Crippen molar-refractivity contribution in [3.8, 4) is 0 Å². The van der Waals surface area contributed by atoms with E-state index < -0.39 is 5.54 Å². The fourth-order valence-electron chi connectivity index (χ4n) is 1.82. The Morgan fingerprint density at radius 1 is 1.53 bits per heavy atom. The SMILES string of the molecule is NC1(Cc2cc(Br)ccc2F)CCOC1. The molecule has 2 nitrogen and oxygen atoms in total. The summed E-state index contributed by atoms with van der Waals surface area (Å²) in [7, 11) is 0. The van der Waals surface area contributed by atoms with Gasteiger partial charge < -0.3 is 10.5 Å². The molecule has 0 radical (unpaired) electrons. The van der Waals surface area contributed by atoms with E-state index in [9.17, 15) is 4.39 Å². The standard InChI is InChI=1S/C11H13BrFNO/c12-9-1-2-10(13)8(5-9)6-11(14)3-4-15-7-11/h1-2,5H,3-4,6-7,14H2. The van der Waals surface area contributed by atoms with Gasteiger partial charge in [0, 0.05) is 16.6 Å². The van der Waals surface area contributed by atoms with Crippen LogP contribution >= 0.6 is 15.9 Å². The number of rotatable bonds is 2. The number of nitrogens with two attached hydrogens (primary N) is 1. The van der Waals surface area contributed by atoms with E-state index in [1.165, 1.54) is 6.07 Å². The smallest absolute Gasteiger partial charge is 0.126 e. The first kappa shape index (κ1) is 11.0. The maximum atomic E-state index is 13.5. The summed E-state index contributed by atoms with van der Waals surface area (Å²) >= 11 is 3.32. The molecule has 1 fully saturated rings. The van der Waals surface area contributed by atoms with Gasteiger partial charge in [-0.25, -0.2) is 4.39 Å². The molecule has 0 aromatic heterocycles. The van der Waals surface area contributed by atoms with E-state index >= 15 is 0 Å². The van der Waals surface area contributed by atoms with Crippen molar-refractivity contribution in [3.63, 3.8) is 0 Å². The fourth-order valence-corrected chi connectivity index (χ4v) is 2.23. The Bertz CT molecular complexity index is 364. The van der Waals surface area contributed by atoms with Gasteiger partial charge in [-0.3, -0.25) is 0 Å². The average Bonchev–Trinajstić information content (AvgIpc) is 2.59. The van der Waals surface area contributed by atoms with Crippen molar-refractivity contribution in [2.75, 3.05) is 13.2 Å². The van der Waals surface area contributed by atoms with E-state index in [0.29, 0.717) is 25.2 Å². The summed E-state index contributed by atoms with van der Waals surface area (Å²) in [6, 6.07) is 4.92. The third-order valence-corrected chi connectivity index (χ3v) is 3.18. The second-order valence-corrected chi connectivity index (χ2v) is 4.99. The first-order chi connectivity index (χ1) is 7.09. The highest BCUT2D eigenvalue weighted by atomic mass is 79.9. The van der Waals surface area contributed by atoms with Crippen molar-refractivity contribution in [1.29, 1.82) is 0 Å². The van der Waals surface area contributed by atoms with Gasteiger partial charge in [0.05, 0.1) is 6.61 Å². The van der Waals surface area contributed by atoms with Crippen molar-refractivity contribution >= 4 is 15.9 Å². The van der Waals surface area contributed by atoms with Crippen LogP contribution in [0.25, 0.3) is 0 Å².